The van der Waals surface area contributed by atoms with Crippen LogP contribution in [-0.4, -0.2) is 51.7 Å². The monoisotopic (exact) mass is 698 g/mol. The van der Waals surface area contributed by atoms with Crippen LogP contribution >= 0.6 is 0 Å². The molecule has 1 saturated carbocycles. The maximum atomic E-state index is 13.3. The summed E-state index contributed by atoms with van der Waals surface area (Å²) in [4.78, 5) is 24.0. The molecule has 0 radical (unpaired) electrons. The lowest BCUT2D eigenvalue weighted by molar-refractivity contribution is -0.134. The fourth-order valence-corrected chi connectivity index (χ4v) is 10.4. The van der Waals surface area contributed by atoms with Crippen LogP contribution < -0.4 is 11.2 Å². The first-order valence-electron chi connectivity index (χ1n) is 20.1. The smallest absolute Gasteiger partial charge is 0.399 e. The number of rotatable bonds is 6. The Hall–Kier alpha value is -3.46. The molecule has 1 spiro atoms. The molecule has 2 saturated heterocycles. The number of aromatic nitrogens is 2. The topological polar surface area (TPSA) is 93.5 Å². The minimum Gasteiger partial charge on any atom is -0.399 e. The van der Waals surface area contributed by atoms with E-state index in [0.717, 1.165) is 55.5 Å². The van der Waals surface area contributed by atoms with Crippen LogP contribution in [0.3, 0.4) is 0 Å². The molecule has 4 aromatic rings. The van der Waals surface area contributed by atoms with Crippen LogP contribution in [0.5, 0.6) is 0 Å². The third-order valence-corrected chi connectivity index (χ3v) is 14.0. The van der Waals surface area contributed by atoms with Crippen molar-refractivity contribution in [2.45, 2.75) is 141 Å². The van der Waals surface area contributed by atoms with E-state index in [1.807, 2.05) is 18.7 Å². The highest BCUT2D eigenvalue weighted by Gasteiger charge is 2.52. The normalized spacial score (nSPS) is 23.3. The number of nitrogens with one attached hydrogen (secondary N) is 1. The zero-order chi connectivity index (χ0) is 36.2. The molecule has 1 amide bonds. The number of hydrogen-bond acceptors (Lipinski definition) is 5. The van der Waals surface area contributed by atoms with Crippen LogP contribution in [-0.2, 0) is 38.8 Å². The first kappa shape index (κ1) is 34.3. The Labute approximate surface area is 309 Å². The van der Waals surface area contributed by atoms with Crippen molar-refractivity contribution in [2.24, 2.45) is 11.7 Å². The summed E-state index contributed by atoms with van der Waals surface area (Å²) in [5.41, 5.74) is 20.6. The van der Waals surface area contributed by atoms with E-state index in [0.29, 0.717) is 0 Å². The molecule has 8 heteroatoms. The molecule has 52 heavy (non-hydrogen) atoms. The van der Waals surface area contributed by atoms with Crippen molar-refractivity contribution < 1.29 is 14.1 Å². The van der Waals surface area contributed by atoms with E-state index in [-0.39, 0.29) is 41.6 Å². The summed E-state index contributed by atoms with van der Waals surface area (Å²) >= 11 is 0. The Morgan fingerprint density at radius 2 is 1.56 bits per heavy atom. The minimum absolute atomic E-state index is 0.0320. The average Bonchev–Trinajstić information content (AvgIpc) is 3.97. The van der Waals surface area contributed by atoms with Crippen molar-refractivity contribution >= 4 is 29.5 Å². The van der Waals surface area contributed by atoms with Crippen LogP contribution in [0.15, 0.2) is 42.5 Å². The molecular formula is C44H55BN4O3. The number of carbonyl (C=O) groups is 1. The minimum atomic E-state index is -0.487. The Kier molecular flexibility index (Phi) is 8.11. The van der Waals surface area contributed by atoms with Gasteiger partial charge in [-0.1, -0.05) is 57.0 Å². The number of imidazole rings is 1. The molecule has 5 aliphatic rings. The average molecular weight is 699 g/mol. The molecule has 3 aliphatic carbocycles. The number of nitrogens with zero attached hydrogens (tertiary/aromatic N) is 2. The third-order valence-electron chi connectivity index (χ3n) is 14.0. The number of hydrogen-bond donors (Lipinski definition) is 2. The molecule has 3 aromatic carbocycles. The van der Waals surface area contributed by atoms with E-state index >= 15 is 0 Å². The van der Waals surface area contributed by atoms with Gasteiger partial charge < -0.3 is 24.9 Å². The highest BCUT2D eigenvalue weighted by atomic mass is 16.7. The lowest BCUT2D eigenvalue weighted by Crippen LogP contribution is -2.46. The van der Waals surface area contributed by atoms with Crippen molar-refractivity contribution in [3.8, 4) is 22.3 Å². The van der Waals surface area contributed by atoms with Gasteiger partial charge in [0, 0.05) is 6.54 Å². The molecule has 2 atom stereocenters. The highest BCUT2D eigenvalue weighted by molar-refractivity contribution is 6.62. The molecular weight excluding hydrogens is 643 g/mol. The van der Waals surface area contributed by atoms with E-state index in [1.165, 1.54) is 77.4 Å². The van der Waals surface area contributed by atoms with Crippen molar-refractivity contribution in [3.63, 3.8) is 0 Å². The molecule has 272 valence electrons. The Morgan fingerprint density at radius 3 is 2.31 bits per heavy atom. The van der Waals surface area contributed by atoms with Crippen molar-refractivity contribution in [1.29, 1.82) is 0 Å². The van der Waals surface area contributed by atoms with Gasteiger partial charge in [0.1, 0.15) is 5.82 Å². The quantitative estimate of drug-likeness (QED) is 0.199. The largest absolute Gasteiger partial charge is 0.495 e. The van der Waals surface area contributed by atoms with Crippen LogP contribution in [0.4, 0.5) is 0 Å². The lowest BCUT2D eigenvalue weighted by Gasteiger charge is -2.32. The second-order valence-electron chi connectivity index (χ2n) is 17.9. The summed E-state index contributed by atoms with van der Waals surface area (Å²) in [5, 5.41) is 0. The summed E-state index contributed by atoms with van der Waals surface area (Å²) in [6.45, 7) is 13.3. The number of aromatic amines is 1. The van der Waals surface area contributed by atoms with Crippen LogP contribution in [0.1, 0.15) is 127 Å². The highest BCUT2D eigenvalue weighted by Crippen LogP contribution is 2.56. The van der Waals surface area contributed by atoms with Crippen LogP contribution in [0.25, 0.3) is 33.3 Å². The predicted octanol–water partition coefficient (Wildman–Crippen LogP) is 8.09. The van der Waals surface area contributed by atoms with Gasteiger partial charge in [0.25, 0.3) is 0 Å². The summed E-state index contributed by atoms with van der Waals surface area (Å²) in [7, 11) is -0.325. The first-order chi connectivity index (χ1) is 24.9. The van der Waals surface area contributed by atoms with Crippen molar-refractivity contribution in [2.75, 3.05) is 6.54 Å². The van der Waals surface area contributed by atoms with Gasteiger partial charge in [0.15, 0.2) is 0 Å². The van der Waals surface area contributed by atoms with Crippen molar-refractivity contribution in [3.05, 3.63) is 70.5 Å². The molecule has 7 nitrogen and oxygen atoms in total. The number of H-pyrrole nitrogens is 1. The van der Waals surface area contributed by atoms with Crippen LogP contribution in [0, 0.1) is 5.92 Å². The number of likely N-dealkylation sites (tertiary alicyclic amines) is 1. The molecule has 3 heterocycles. The van der Waals surface area contributed by atoms with Gasteiger partial charge >= 0.3 is 7.12 Å². The molecule has 0 bridgehead atoms. The maximum Gasteiger partial charge on any atom is 0.495 e. The van der Waals surface area contributed by atoms with Gasteiger partial charge in [0.05, 0.1) is 34.3 Å². The number of nitrogens with two attached hydrogens (primary N) is 1. The van der Waals surface area contributed by atoms with E-state index in [2.05, 4.69) is 75.1 Å². The van der Waals surface area contributed by atoms with Gasteiger partial charge in [-0.05, 0) is 159 Å². The van der Waals surface area contributed by atoms with Gasteiger partial charge in [-0.3, -0.25) is 4.79 Å². The number of benzene rings is 3. The van der Waals surface area contributed by atoms with Gasteiger partial charge in [0.2, 0.25) is 5.91 Å². The summed E-state index contributed by atoms with van der Waals surface area (Å²) in [6, 6.07) is 15.7. The predicted molar refractivity (Wildman–Crippen MR) is 210 cm³/mol. The summed E-state index contributed by atoms with van der Waals surface area (Å²) in [5.74, 6) is 1.01. The van der Waals surface area contributed by atoms with Gasteiger partial charge in [-0.2, -0.15) is 0 Å². The fourth-order valence-electron chi connectivity index (χ4n) is 10.4. The zero-order valence-corrected chi connectivity index (χ0v) is 32.0. The maximum absolute atomic E-state index is 13.3. The molecule has 3 N–H and O–H groups in total. The SMILES string of the molecule is CC(C)C(N)C(=O)N1CCC[C@H]1c1nc2ccc(-c3ccc(-c4ccc(B5OC(C)(C)C(C)(C)O5)c5c4CCC5)c4c3C3(CCCC3)CC4)cc2[nH]1. The molecule has 9 rings (SSSR count). The number of amides is 1. The summed E-state index contributed by atoms with van der Waals surface area (Å²) < 4.78 is 13.1. The Morgan fingerprint density at radius 1 is 0.865 bits per heavy atom. The van der Waals surface area contributed by atoms with Gasteiger partial charge in [-0.25, -0.2) is 4.98 Å². The molecule has 1 aromatic heterocycles. The Bertz CT molecular complexity index is 2060. The zero-order valence-electron chi connectivity index (χ0n) is 32.0. The summed E-state index contributed by atoms with van der Waals surface area (Å²) in [6.07, 6.45) is 12.8. The Balaban J connectivity index is 1.10. The lowest BCUT2D eigenvalue weighted by atomic mass is 9.73. The second-order valence-corrected chi connectivity index (χ2v) is 17.9. The first-order valence-corrected chi connectivity index (χ1v) is 20.1. The fraction of sp³-hybridized carbons (Fsp3) is 0.545. The van der Waals surface area contributed by atoms with E-state index < -0.39 is 6.04 Å². The standard InChI is InChI=1S/C44H55BN4O3/c1-26(2)39(46)41(50)49-24-10-13-37(49)40-47-35-19-14-27(25-36(35)48-40)28-15-16-31(33-20-23-44(38(28)33)21-7-8-22-44)30-17-18-34(32-12-9-11-29(30)32)45-51-42(3,4)43(5,6)52-45/h14-19,25-26,37,39H,7-13,20-24,46H2,1-6H3,(H,47,48)/t37-,39?/m0/s1. The van der Waals surface area contributed by atoms with Crippen LogP contribution in [0.2, 0.25) is 0 Å². The molecule has 1 unspecified atom stereocenters. The van der Waals surface area contributed by atoms with E-state index in [4.69, 9.17) is 20.0 Å². The van der Waals surface area contributed by atoms with Gasteiger partial charge in [-0.15, -0.1) is 0 Å². The number of fused-ring (bicyclic) bond motifs is 4. The second kappa shape index (κ2) is 12.3. The number of carbonyl (C=O) groups excluding carboxylic acids is 1. The third kappa shape index (κ3) is 5.26. The van der Waals surface area contributed by atoms with E-state index in [1.54, 1.807) is 11.1 Å². The van der Waals surface area contributed by atoms with E-state index in [9.17, 15) is 4.79 Å². The van der Waals surface area contributed by atoms with Crippen molar-refractivity contribution in [1.82, 2.24) is 14.9 Å². The molecule has 3 fully saturated rings. The molecule has 2 aliphatic heterocycles.